The number of hydrogen-bond acceptors (Lipinski definition) is 9. The van der Waals surface area contributed by atoms with E-state index in [1.165, 1.54) is 23.5 Å². The number of benzene rings is 1. The third kappa shape index (κ3) is 3.48. The van der Waals surface area contributed by atoms with Crippen LogP contribution in [0.25, 0.3) is 10.8 Å². The second-order valence-electron chi connectivity index (χ2n) is 5.00. The Morgan fingerprint density at radius 3 is 2.88 bits per heavy atom. The molecule has 128 valence electrons. The maximum atomic E-state index is 12.2. The first kappa shape index (κ1) is 16.6. The molecule has 3 aromatic rings. The standard InChI is InChI=1S/C15H12N4O5S/c1-8(13-17-18-14(24-13)12-3-2-6-25-12)23-15(20)9-4-5-10(16)11(7-9)19(21)22/h2-8H,16H2,1H3. The molecule has 0 fully saturated rings. The number of thiophene rings is 1. The third-order valence-corrected chi connectivity index (χ3v) is 4.12. The van der Waals surface area contributed by atoms with E-state index in [4.69, 9.17) is 14.9 Å². The van der Waals surface area contributed by atoms with Gasteiger partial charge in [-0.1, -0.05) is 6.07 Å². The molecule has 0 radical (unpaired) electrons. The number of ether oxygens (including phenoxy) is 1. The summed E-state index contributed by atoms with van der Waals surface area (Å²) in [7, 11) is 0. The smallest absolute Gasteiger partial charge is 0.339 e. The highest BCUT2D eigenvalue weighted by Gasteiger charge is 2.22. The van der Waals surface area contributed by atoms with Crippen molar-refractivity contribution in [3.05, 3.63) is 57.3 Å². The Hall–Kier alpha value is -3.27. The average molecular weight is 360 g/mol. The lowest BCUT2D eigenvalue weighted by atomic mass is 10.2. The van der Waals surface area contributed by atoms with Crippen LogP contribution in [-0.4, -0.2) is 21.1 Å². The summed E-state index contributed by atoms with van der Waals surface area (Å²) in [5, 5.41) is 20.5. The number of nitrogens with two attached hydrogens (primary N) is 1. The molecule has 3 rings (SSSR count). The number of hydrogen-bond donors (Lipinski definition) is 1. The molecule has 9 nitrogen and oxygen atoms in total. The molecule has 1 aromatic carbocycles. The molecule has 0 aliphatic heterocycles. The molecule has 0 amide bonds. The van der Waals surface area contributed by atoms with Gasteiger partial charge in [0.1, 0.15) is 5.69 Å². The zero-order chi connectivity index (χ0) is 18.0. The maximum Gasteiger partial charge on any atom is 0.339 e. The third-order valence-electron chi connectivity index (χ3n) is 3.27. The van der Waals surface area contributed by atoms with Crippen molar-refractivity contribution in [1.82, 2.24) is 10.2 Å². The van der Waals surface area contributed by atoms with Crippen molar-refractivity contribution in [2.45, 2.75) is 13.0 Å². The summed E-state index contributed by atoms with van der Waals surface area (Å²) in [4.78, 5) is 23.2. The first-order chi connectivity index (χ1) is 12.0. The van der Waals surface area contributed by atoms with Crippen LogP contribution in [0.15, 0.2) is 40.1 Å². The molecule has 1 atom stereocenters. The van der Waals surface area contributed by atoms with Crippen LogP contribution in [0.3, 0.4) is 0 Å². The lowest BCUT2D eigenvalue weighted by Crippen LogP contribution is -2.10. The minimum absolute atomic E-state index is 0.00532. The number of aromatic nitrogens is 2. The lowest BCUT2D eigenvalue weighted by Gasteiger charge is -2.09. The highest BCUT2D eigenvalue weighted by Crippen LogP contribution is 2.27. The van der Waals surface area contributed by atoms with E-state index in [9.17, 15) is 14.9 Å². The topological polar surface area (TPSA) is 134 Å². The molecule has 0 aliphatic rings. The van der Waals surface area contributed by atoms with Gasteiger partial charge in [-0.2, -0.15) is 0 Å². The predicted molar refractivity (Wildman–Crippen MR) is 89.0 cm³/mol. The molecule has 0 bridgehead atoms. The fourth-order valence-electron chi connectivity index (χ4n) is 2.01. The van der Waals surface area contributed by atoms with Gasteiger partial charge < -0.3 is 14.9 Å². The molecule has 0 saturated carbocycles. The number of nitrogen functional groups attached to an aromatic ring is 1. The summed E-state index contributed by atoms with van der Waals surface area (Å²) in [6.45, 7) is 1.56. The quantitative estimate of drug-likeness (QED) is 0.317. The van der Waals surface area contributed by atoms with Crippen LogP contribution in [0.2, 0.25) is 0 Å². The minimum atomic E-state index is -0.815. The number of esters is 1. The van der Waals surface area contributed by atoms with Gasteiger partial charge in [-0.3, -0.25) is 10.1 Å². The van der Waals surface area contributed by atoms with Crippen LogP contribution < -0.4 is 5.73 Å². The zero-order valence-electron chi connectivity index (χ0n) is 12.9. The SMILES string of the molecule is CC(OC(=O)c1ccc(N)c([N+](=O)[O-])c1)c1nnc(-c2cccs2)o1. The van der Waals surface area contributed by atoms with E-state index < -0.39 is 17.0 Å². The molecular weight excluding hydrogens is 348 g/mol. The number of anilines is 1. The number of nitrogens with zero attached hydrogens (tertiary/aromatic N) is 3. The number of carbonyl (C=O) groups excluding carboxylic acids is 1. The van der Waals surface area contributed by atoms with E-state index in [0.717, 1.165) is 10.9 Å². The maximum absolute atomic E-state index is 12.2. The number of carbonyl (C=O) groups is 1. The molecule has 2 heterocycles. The van der Waals surface area contributed by atoms with Gasteiger partial charge >= 0.3 is 5.97 Å². The summed E-state index contributed by atoms with van der Waals surface area (Å²) in [6.07, 6.45) is -0.815. The van der Waals surface area contributed by atoms with Gasteiger partial charge in [0.15, 0.2) is 6.10 Å². The van der Waals surface area contributed by atoms with Gasteiger partial charge in [0.2, 0.25) is 0 Å². The van der Waals surface area contributed by atoms with E-state index in [2.05, 4.69) is 10.2 Å². The second kappa shape index (κ2) is 6.69. The van der Waals surface area contributed by atoms with Crippen LogP contribution in [-0.2, 0) is 4.74 Å². The summed E-state index contributed by atoms with van der Waals surface area (Å²) in [6, 6.07) is 7.37. The van der Waals surface area contributed by atoms with Gasteiger partial charge in [0.25, 0.3) is 17.5 Å². The Balaban J connectivity index is 1.75. The van der Waals surface area contributed by atoms with Crippen LogP contribution in [0.5, 0.6) is 0 Å². The van der Waals surface area contributed by atoms with Crippen molar-refractivity contribution < 1.29 is 18.9 Å². The Kier molecular flexibility index (Phi) is 4.44. The first-order valence-electron chi connectivity index (χ1n) is 7.08. The van der Waals surface area contributed by atoms with Crippen LogP contribution in [0.4, 0.5) is 11.4 Å². The van der Waals surface area contributed by atoms with Crippen molar-refractivity contribution >= 4 is 28.7 Å². The molecule has 0 aliphatic carbocycles. The molecule has 1 unspecified atom stereocenters. The molecule has 2 N–H and O–H groups in total. The van der Waals surface area contributed by atoms with Crippen molar-refractivity contribution in [1.29, 1.82) is 0 Å². The largest absolute Gasteiger partial charge is 0.449 e. The van der Waals surface area contributed by atoms with Gasteiger partial charge in [-0.05, 0) is 30.5 Å². The molecule has 0 saturated heterocycles. The van der Waals surface area contributed by atoms with E-state index in [1.807, 2.05) is 17.5 Å². The zero-order valence-corrected chi connectivity index (χ0v) is 13.7. The highest BCUT2D eigenvalue weighted by molar-refractivity contribution is 7.13. The van der Waals surface area contributed by atoms with Crippen LogP contribution in [0, 0.1) is 10.1 Å². The van der Waals surface area contributed by atoms with Crippen molar-refractivity contribution in [2.24, 2.45) is 0 Å². The fraction of sp³-hybridized carbons (Fsp3) is 0.133. The summed E-state index contributed by atoms with van der Waals surface area (Å²) >= 11 is 1.44. The molecular formula is C15H12N4O5S. The second-order valence-corrected chi connectivity index (χ2v) is 5.95. The normalized spacial score (nSPS) is 11.9. The van der Waals surface area contributed by atoms with Crippen molar-refractivity contribution in [3.8, 4) is 10.8 Å². The highest BCUT2D eigenvalue weighted by atomic mass is 32.1. The van der Waals surface area contributed by atoms with Gasteiger partial charge in [0.05, 0.1) is 15.4 Å². The predicted octanol–water partition coefficient (Wildman–Crippen LogP) is 3.21. The Morgan fingerprint density at radius 1 is 1.40 bits per heavy atom. The van der Waals surface area contributed by atoms with Crippen molar-refractivity contribution in [3.63, 3.8) is 0 Å². The van der Waals surface area contributed by atoms with E-state index in [0.29, 0.717) is 5.89 Å². The molecule has 0 spiro atoms. The van der Waals surface area contributed by atoms with Crippen LogP contribution >= 0.6 is 11.3 Å². The fourth-order valence-corrected chi connectivity index (χ4v) is 2.65. The van der Waals surface area contributed by atoms with E-state index in [-0.39, 0.29) is 22.8 Å². The monoisotopic (exact) mass is 360 g/mol. The van der Waals surface area contributed by atoms with Gasteiger partial charge in [-0.25, -0.2) is 4.79 Å². The minimum Gasteiger partial charge on any atom is -0.449 e. The number of nitro groups is 1. The molecule has 25 heavy (non-hydrogen) atoms. The van der Waals surface area contributed by atoms with Crippen LogP contribution in [0.1, 0.15) is 29.3 Å². The first-order valence-corrected chi connectivity index (χ1v) is 7.96. The van der Waals surface area contributed by atoms with Gasteiger partial charge in [0, 0.05) is 6.07 Å². The Labute approximate surface area is 145 Å². The molecule has 10 heteroatoms. The van der Waals surface area contributed by atoms with Crippen molar-refractivity contribution in [2.75, 3.05) is 5.73 Å². The van der Waals surface area contributed by atoms with Gasteiger partial charge in [-0.15, -0.1) is 21.5 Å². The number of nitro benzene ring substituents is 1. The lowest BCUT2D eigenvalue weighted by molar-refractivity contribution is -0.383. The number of rotatable bonds is 5. The Morgan fingerprint density at radius 2 is 2.20 bits per heavy atom. The summed E-state index contributed by atoms with van der Waals surface area (Å²) in [5.41, 5.74) is 5.11. The summed E-state index contributed by atoms with van der Waals surface area (Å²) < 4.78 is 10.7. The van der Waals surface area contributed by atoms with E-state index in [1.54, 1.807) is 6.92 Å². The average Bonchev–Trinajstić information content (AvgIpc) is 3.26. The van der Waals surface area contributed by atoms with E-state index >= 15 is 0 Å². The molecule has 2 aromatic heterocycles. The Bertz CT molecular complexity index is 922. The summed E-state index contributed by atoms with van der Waals surface area (Å²) in [5.74, 6) is -0.302.